The van der Waals surface area contributed by atoms with Crippen LogP contribution in [0.2, 0.25) is 0 Å². The molecule has 5 aromatic rings. The van der Waals surface area contributed by atoms with Crippen molar-refractivity contribution in [1.82, 2.24) is 14.5 Å². The lowest BCUT2D eigenvalue weighted by Gasteiger charge is -2.21. The fraction of sp³-hybridized carbons (Fsp3) is 0.100. The predicted molar refractivity (Wildman–Crippen MR) is 144 cm³/mol. The fourth-order valence-electron chi connectivity index (χ4n) is 4.09. The van der Waals surface area contributed by atoms with Crippen LogP contribution in [0, 0.1) is 5.82 Å². The van der Waals surface area contributed by atoms with Crippen LogP contribution in [0.5, 0.6) is 5.75 Å². The van der Waals surface area contributed by atoms with E-state index in [0.29, 0.717) is 17.2 Å². The van der Waals surface area contributed by atoms with Gasteiger partial charge in [-0.05, 0) is 60.7 Å². The first-order valence-electron chi connectivity index (χ1n) is 12.2. The first-order valence-corrected chi connectivity index (χ1v) is 12.2. The molecule has 2 heterocycles. The Balaban J connectivity index is 1.43. The van der Waals surface area contributed by atoms with Crippen LogP contribution in [0.4, 0.5) is 10.3 Å². The maximum absolute atomic E-state index is 14.4. The van der Waals surface area contributed by atoms with Gasteiger partial charge in [0.25, 0.3) is 5.91 Å². The average Bonchev–Trinajstić information content (AvgIpc) is 3.63. The number of aromatic nitrogens is 2. The highest BCUT2D eigenvalue weighted by molar-refractivity contribution is 5.99. The molecule has 2 aromatic heterocycles. The molecule has 0 fully saturated rings. The summed E-state index contributed by atoms with van der Waals surface area (Å²) in [6, 6.07) is 25.9. The number of amides is 2. The number of halogens is 1. The molecule has 0 bridgehead atoms. The quantitative estimate of drug-likeness (QED) is 0.273. The number of imidazole rings is 1. The highest BCUT2D eigenvalue weighted by Gasteiger charge is 2.24. The maximum Gasteiger partial charge on any atom is 0.257 e. The zero-order chi connectivity index (χ0) is 27.2. The lowest BCUT2D eigenvalue weighted by Crippen LogP contribution is -2.38. The van der Waals surface area contributed by atoms with Gasteiger partial charge >= 0.3 is 0 Å². The van der Waals surface area contributed by atoms with Crippen LogP contribution in [0.25, 0.3) is 16.9 Å². The molecule has 3 aromatic carbocycles. The topological polar surface area (TPSA) is 89.6 Å². The first-order chi connectivity index (χ1) is 19.0. The van der Waals surface area contributed by atoms with Gasteiger partial charge in [0.05, 0.1) is 31.2 Å². The van der Waals surface area contributed by atoms with Gasteiger partial charge in [-0.15, -0.1) is 0 Å². The fourth-order valence-corrected chi connectivity index (χ4v) is 4.09. The van der Waals surface area contributed by atoms with Gasteiger partial charge in [-0.3, -0.25) is 19.5 Å². The molecule has 0 unspecified atom stereocenters. The number of anilines is 1. The van der Waals surface area contributed by atoms with E-state index < -0.39 is 17.6 Å². The van der Waals surface area contributed by atoms with Gasteiger partial charge in [0.2, 0.25) is 11.9 Å². The summed E-state index contributed by atoms with van der Waals surface area (Å²) in [6.45, 7) is -0.370. The molecular weight excluding hydrogens is 499 g/mol. The second kappa shape index (κ2) is 11.5. The number of hydrogen-bond acceptors (Lipinski definition) is 5. The number of nitrogens with zero attached hydrogens (tertiary/aromatic N) is 3. The predicted octanol–water partition coefficient (Wildman–Crippen LogP) is 5.56. The van der Waals surface area contributed by atoms with Crippen molar-refractivity contribution in [3.05, 3.63) is 121 Å². The van der Waals surface area contributed by atoms with Crippen molar-refractivity contribution in [2.24, 2.45) is 0 Å². The first kappa shape index (κ1) is 25.5. The third kappa shape index (κ3) is 5.88. The number of hydrogen-bond donors (Lipinski definition) is 1. The Hall–Kier alpha value is -5.18. The molecule has 0 aliphatic rings. The highest BCUT2D eigenvalue weighted by atomic mass is 19.1. The molecule has 8 nitrogen and oxygen atoms in total. The van der Waals surface area contributed by atoms with Gasteiger partial charge in [0.15, 0.2) is 0 Å². The summed E-state index contributed by atoms with van der Waals surface area (Å²) < 4.78 is 26.8. The van der Waals surface area contributed by atoms with Gasteiger partial charge in [-0.2, -0.15) is 0 Å². The molecule has 1 N–H and O–H groups in total. The number of carbonyl (C=O) groups excluding carboxylic acids is 2. The van der Waals surface area contributed by atoms with E-state index in [4.69, 9.17) is 9.15 Å². The summed E-state index contributed by atoms with van der Waals surface area (Å²) in [5, 5.41) is 2.82. The maximum atomic E-state index is 14.4. The van der Waals surface area contributed by atoms with E-state index in [0.717, 1.165) is 11.3 Å². The molecule has 0 atom stereocenters. The Morgan fingerprint density at radius 2 is 1.72 bits per heavy atom. The van der Waals surface area contributed by atoms with E-state index >= 15 is 0 Å². The Morgan fingerprint density at radius 1 is 0.974 bits per heavy atom. The lowest BCUT2D eigenvalue weighted by atomic mass is 10.1. The number of para-hydroxylation sites is 1. The average molecular weight is 525 g/mol. The second-order valence-electron chi connectivity index (χ2n) is 8.65. The summed E-state index contributed by atoms with van der Waals surface area (Å²) in [4.78, 5) is 32.4. The van der Waals surface area contributed by atoms with E-state index in [1.165, 1.54) is 29.4 Å². The Morgan fingerprint density at radius 3 is 2.41 bits per heavy atom. The Kier molecular flexibility index (Phi) is 7.49. The number of carbonyl (C=O) groups is 2. The van der Waals surface area contributed by atoms with Crippen molar-refractivity contribution < 1.29 is 23.1 Å². The molecule has 2 amide bonds. The van der Waals surface area contributed by atoms with Gasteiger partial charge < -0.3 is 14.1 Å². The van der Waals surface area contributed by atoms with Crippen molar-refractivity contribution in [3.8, 4) is 22.7 Å². The van der Waals surface area contributed by atoms with Crippen LogP contribution in [0.3, 0.4) is 0 Å². The summed E-state index contributed by atoms with van der Waals surface area (Å²) >= 11 is 0. The highest BCUT2D eigenvalue weighted by Crippen LogP contribution is 2.26. The number of nitrogens with one attached hydrogen (secondary N) is 1. The van der Waals surface area contributed by atoms with Crippen LogP contribution in [-0.2, 0) is 11.3 Å². The largest absolute Gasteiger partial charge is 0.497 e. The van der Waals surface area contributed by atoms with E-state index in [1.807, 2.05) is 60.8 Å². The number of rotatable bonds is 9. The van der Waals surface area contributed by atoms with E-state index in [-0.39, 0.29) is 24.6 Å². The van der Waals surface area contributed by atoms with Crippen molar-refractivity contribution >= 4 is 17.8 Å². The molecule has 196 valence electrons. The summed E-state index contributed by atoms with van der Waals surface area (Å²) in [6.07, 6.45) is 3.29. The molecule has 0 saturated carbocycles. The standard InChI is InChI=1S/C30H25FN4O4/c1-38-23-15-13-21(14-16-23)27-19-35(22-8-3-2-4-9-22)30(32-27)33-28(36)20-34(18-24-10-7-17-39-24)29(37)25-11-5-6-12-26(25)31/h2-17,19H,18,20H2,1H3,(H,32,33,36). The van der Waals surface area contributed by atoms with E-state index in [2.05, 4.69) is 10.3 Å². The second-order valence-corrected chi connectivity index (χ2v) is 8.65. The van der Waals surface area contributed by atoms with Gasteiger partial charge in [-0.1, -0.05) is 30.3 Å². The smallest absolute Gasteiger partial charge is 0.257 e. The van der Waals surface area contributed by atoms with Gasteiger partial charge in [-0.25, -0.2) is 9.37 Å². The Bertz CT molecular complexity index is 1560. The van der Waals surface area contributed by atoms with Gasteiger partial charge in [0, 0.05) is 17.4 Å². The molecule has 0 spiro atoms. The molecule has 39 heavy (non-hydrogen) atoms. The minimum absolute atomic E-state index is 0.0161. The molecular formula is C30H25FN4O4. The van der Waals surface area contributed by atoms with Crippen molar-refractivity contribution in [2.45, 2.75) is 6.54 Å². The van der Waals surface area contributed by atoms with E-state index in [1.54, 1.807) is 29.9 Å². The third-order valence-electron chi connectivity index (χ3n) is 6.03. The van der Waals surface area contributed by atoms with Gasteiger partial charge in [0.1, 0.15) is 23.9 Å². The summed E-state index contributed by atoms with van der Waals surface area (Å²) in [7, 11) is 1.60. The van der Waals surface area contributed by atoms with E-state index in [9.17, 15) is 14.0 Å². The van der Waals surface area contributed by atoms with Crippen molar-refractivity contribution in [1.29, 1.82) is 0 Å². The minimum atomic E-state index is -0.670. The number of ether oxygens (including phenoxy) is 1. The summed E-state index contributed by atoms with van der Waals surface area (Å²) in [5.41, 5.74) is 2.11. The molecule has 0 saturated heterocycles. The third-order valence-corrected chi connectivity index (χ3v) is 6.03. The zero-order valence-electron chi connectivity index (χ0n) is 21.1. The molecule has 0 radical (unpaired) electrons. The van der Waals surface area contributed by atoms with Crippen LogP contribution >= 0.6 is 0 Å². The van der Waals surface area contributed by atoms with Crippen molar-refractivity contribution in [2.75, 3.05) is 19.0 Å². The SMILES string of the molecule is COc1ccc(-c2cn(-c3ccccc3)c(NC(=O)CN(Cc3ccco3)C(=O)c3ccccc3F)n2)cc1. The molecule has 9 heteroatoms. The summed E-state index contributed by atoms with van der Waals surface area (Å²) in [5.74, 6) is -0.365. The monoisotopic (exact) mass is 524 g/mol. The van der Waals surface area contributed by atoms with Crippen LogP contribution in [0.1, 0.15) is 16.1 Å². The van der Waals surface area contributed by atoms with Crippen LogP contribution in [0.15, 0.2) is 108 Å². The van der Waals surface area contributed by atoms with Crippen molar-refractivity contribution in [3.63, 3.8) is 0 Å². The lowest BCUT2D eigenvalue weighted by molar-refractivity contribution is -0.117. The molecule has 0 aliphatic heterocycles. The van der Waals surface area contributed by atoms with Crippen LogP contribution in [-0.4, -0.2) is 39.9 Å². The minimum Gasteiger partial charge on any atom is -0.497 e. The normalized spacial score (nSPS) is 10.7. The zero-order valence-corrected chi connectivity index (χ0v) is 21.1. The number of benzene rings is 3. The number of furan rings is 1. The molecule has 0 aliphatic carbocycles. The number of methoxy groups -OCH3 is 1. The van der Waals surface area contributed by atoms with Crippen LogP contribution < -0.4 is 10.1 Å². The molecule has 5 rings (SSSR count). The Labute approximate surface area is 224 Å².